The topological polar surface area (TPSA) is 155 Å². The molecule has 0 aliphatic carbocycles. The average molecular weight is 461 g/mol. The van der Waals surface area contributed by atoms with Gasteiger partial charge in [-0.15, -0.1) is 0 Å². The van der Waals surface area contributed by atoms with Crippen LogP contribution in [0.25, 0.3) is 0 Å². The van der Waals surface area contributed by atoms with Gasteiger partial charge in [0.2, 0.25) is 5.91 Å². The molecule has 3 atom stereocenters. The molecule has 1 saturated heterocycles. The van der Waals surface area contributed by atoms with Crippen LogP contribution in [0.1, 0.15) is 17.7 Å². The molecule has 11 nitrogen and oxygen atoms in total. The molecule has 1 aliphatic rings. The van der Waals surface area contributed by atoms with Gasteiger partial charge in [-0.1, -0.05) is 12.1 Å². The summed E-state index contributed by atoms with van der Waals surface area (Å²) in [6.45, 7) is 2.11. The fourth-order valence-electron chi connectivity index (χ4n) is 3.76. The number of aromatic nitrogens is 2. The second kappa shape index (κ2) is 12.2. The summed E-state index contributed by atoms with van der Waals surface area (Å²) in [6, 6.07) is 7.43. The Morgan fingerprint density at radius 2 is 2.09 bits per heavy atom. The molecular formula is C22H32N6O5. The zero-order chi connectivity index (χ0) is 23.6. The molecule has 2 heterocycles. The number of nitrogens with one attached hydrogen (secondary N) is 3. The minimum Gasteiger partial charge on any atom is -0.497 e. The van der Waals surface area contributed by atoms with Crippen molar-refractivity contribution in [2.45, 2.75) is 37.6 Å². The van der Waals surface area contributed by atoms with Crippen molar-refractivity contribution in [1.82, 2.24) is 25.5 Å². The summed E-state index contributed by atoms with van der Waals surface area (Å²) < 4.78 is 10.7. The van der Waals surface area contributed by atoms with Crippen molar-refractivity contribution in [2.24, 2.45) is 5.73 Å². The highest BCUT2D eigenvalue weighted by molar-refractivity contribution is 5.73. The Morgan fingerprint density at radius 1 is 1.30 bits per heavy atom. The van der Waals surface area contributed by atoms with Gasteiger partial charge in [-0.2, -0.15) is 0 Å². The standard InChI is InChI=1S/C22H32N6O5/c1-32-17-4-2-15(3-5-17)10-18-21(19(29)12-26-18)33-22(31)25-7-9-28(8-6-20(23)30)13-16-11-24-14-27-16/h2-5,11,14,18-19,21,26,29H,6-10,12-13H2,1H3,(H2,23,30)(H,24,27)(H,25,31)/t18-,19+,21-/m0/s1. The third kappa shape index (κ3) is 7.74. The van der Waals surface area contributed by atoms with Crippen LogP contribution < -0.4 is 21.1 Å². The van der Waals surface area contributed by atoms with Gasteiger partial charge in [0.15, 0.2) is 0 Å². The number of alkyl carbamates (subject to hydrolysis) is 1. The average Bonchev–Trinajstić information content (AvgIpc) is 3.43. The molecule has 2 amide bonds. The molecule has 33 heavy (non-hydrogen) atoms. The summed E-state index contributed by atoms with van der Waals surface area (Å²) in [5, 5.41) is 16.2. The second-order valence-electron chi connectivity index (χ2n) is 7.98. The van der Waals surface area contributed by atoms with Crippen LogP contribution in [0.4, 0.5) is 4.79 Å². The van der Waals surface area contributed by atoms with Gasteiger partial charge in [-0.3, -0.25) is 9.69 Å². The van der Waals surface area contributed by atoms with Crippen LogP contribution in [0.3, 0.4) is 0 Å². The molecule has 0 saturated carbocycles. The third-order valence-corrected chi connectivity index (χ3v) is 5.54. The molecule has 3 rings (SSSR count). The molecule has 180 valence electrons. The number of primary amides is 1. The van der Waals surface area contributed by atoms with Crippen molar-refractivity contribution < 1.29 is 24.2 Å². The Bertz CT molecular complexity index is 876. The van der Waals surface area contributed by atoms with Crippen LogP contribution in [-0.2, 0) is 22.5 Å². The van der Waals surface area contributed by atoms with Gasteiger partial charge in [0.1, 0.15) is 18.0 Å². The number of nitrogens with zero attached hydrogens (tertiary/aromatic N) is 2. The second-order valence-corrected chi connectivity index (χ2v) is 7.98. The highest BCUT2D eigenvalue weighted by Gasteiger charge is 2.37. The van der Waals surface area contributed by atoms with Crippen molar-refractivity contribution in [3.8, 4) is 5.75 Å². The summed E-state index contributed by atoms with van der Waals surface area (Å²) in [5.41, 5.74) is 7.13. The number of hydrogen-bond acceptors (Lipinski definition) is 8. The van der Waals surface area contributed by atoms with Gasteiger partial charge in [0.05, 0.1) is 25.2 Å². The first-order valence-corrected chi connectivity index (χ1v) is 10.9. The Kier molecular flexibility index (Phi) is 9.04. The molecular weight excluding hydrogens is 428 g/mol. The van der Waals surface area contributed by atoms with Gasteiger partial charge in [-0.25, -0.2) is 9.78 Å². The van der Waals surface area contributed by atoms with Crippen LogP contribution in [-0.4, -0.2) is 83.5 Å². The van der Waals surface area contributed by atoms with E-state index in [1.807, 2.05) is 29.2 Å². The molecule has 0 spiro atoms. The summed E-state index contributed by atoms with van der Waals surface area (Å²) in [7, 11) is 1.61. The van der Waals surface area contributed by atoms with Gasteiger partial charge >= 0.3 is 6.09 Å². The lowest BCUT2D eigenvalue weighted by atomic mass is 10.0. The largest absolute Gasteiger partial charge is 0.497 e. The molecule has 0 bridgehead atoms. The quantitative estimate of drug-likeness (QED) is 0.291. The molecule has 0 radical (unpaired) electrons. The summed E-state index contributed by atoms with van der Waals surface area (Å²) in [5.74, 6) is 0.377. The van der Waals surface area contributed by atoms with Gasteiger partial charge < -0.3 is 35.9 Å². The third-order valence-electron chi connectivity index (χ3n) is 5.54. The van der Waals surface area contributed by atoms with E-state index < -0.39 is 18.3 Å². The van der Waals surface area contributed by atoms with E-state index >= 15 is 0 Å². The van der Waals surface area contributed by atoms with E-state index in [2.05, 4.69) is 20.6 Å². The summed E-state index contributed by atoms with van der Waals surface area (Å²) in [4.78, 5) is 32.6. The minimum absolute atomic E-state index is 0.203. The number of ether oxygens (including phenoxy) is 2. The van der Waals surface area contributed by atoms with Gasteiger partial charge in [0, 0.05) is 45.3 Å². The first-order chi connectivity index (χ1) is 15.9. The van der Waals surface area contributed by atoms with E-state index in [4.69, 9.17) is 15.2 Å². The highest BCUT2D eigenvalue weighted by Crippen LogP contribution is 2.19. The number of aromatic amines is 1. The Balaban J connectivity index is 1.47. The van der Waals surface area contributed by atoms with E-state index in [1.165, 1.54) is 0 Å². The number of benzene rings is 1. The number of nitrogens with two attached hydrogens (primary N) is 1. The van der Waals surface area contributed by atoms with Crippen molar-refractivity contribution in [2.75, 3.05) is 33.3 Å². The zero-order valence-electron chi connectivity index (χ0n) is 18.7. The van der Waals surface area contributed by atoms with Crippen LogP contribution in [0.2, 0.25) is 0 Å². The van der Waals surface area contributed by atoms with E-state index in [-0.39, 0.29) is 18.4 Å². The number of hydrogen-bond donors (Lipinski definition) is 5. The number of amides is 2. The first kappa shape index (κ1) is 24.5. The Labute approximate surface area is 192 Å². The van der Waals surface area contributed by atoms with Crippen molar-refractivity contribution in [1.29, 1.82) is 0 Å². The number of carbonyl (C=O) groups is 2. The van der Waals surface area contributed by atoms with Crippen LogP contribution in [0.5, 0.6) is 5.75 Å². The zero-order valence-corrected chi connectivity index (χ0v) is 18.7. The van der Waals surface area contributed by atoms with Gasteiger partial charge in [-0.05, 0) is 24.1 Å². The van der Waals surface area contributed by atoms with Crippen LogP contribution >= 0.6 is 0 Å². The number of methoxy groups -OCH3 is 1. The van der Waals surface area contributed by atoms with Crippen LogP contribution in [0, 0.1) is 0 Å². The maximum absolute atomic E-state index is 12.4. The lowest BCUT2D eigenvalue weighted by Gasteiger charge is -2.23. The maximum atomic E-state index is 12.4. The van der Waals surface area contributed by atoms with E-state index in [9.17, 15) is 14.7 Å². The smallest absolute Gasteiger partial charge is 0.407 e. The van der Waals surface area contributed by atoms with Crippen molar-refractivity contribution in [3.05, 3.63) is 48.0 Å². The molecule has 1 aromatic heterocycles. The van der Waals surface area contributed by atoms with E-state index in [0.29, 0.717) is 39.1 Å². The summed E-state index contributed by atoms with van der Waals surface area (Å²) in [6.07, 6.45) is 2.12. The number of imidazole rings is 1. The monoisotopic (exact) mass is 460 g/mol. The number of carbonyl (C=O) groups excluding carboxylic acids is 2. The molecule has 1 aromatic carbocycles. The molecule has 0 unspecified atom stereocenters. The Hall–Kier alpha value is -3.15. The van der Waals surface area contributed by atoms with Crippen molar-refractivity contribution >= 4 is 12.0 Å². The number of aliphatic hydroxyl groups is 1. The first-order valence-electron chi connectivity index (χ1n) is 10.9. The lowest BCUT2D eigenvalue weighted by Crippen LogP contribution is -2.43. The minimum atomic E-state index is -0.786. The predicted molar refractivity (Wildman–Crippen MR) is 120 cm³/mol. The molecule has 2 aromatic rings. The molecule has 6 N–H and O–H groups in total. The fraction of sp³-hybridized carbons (Fsp3) is 0.500. The number of rotatable bonds is 12. The van der Waals surface area contributed by atoms with Gasteiger partial charge in [0.25, 0.3) is 0 Å². The normalized spacial score (nSPS) is 20.0. The Morgan fingerprint density at radius 3 is 2.76 bits per heavy atom. The number of β-amino-alcohol motifs (C(OH)–C–C–N with tert-alkyl or cyclic N) is 1. The van der Waals surface area contributed by atoms with E-state index in [1.54, 1.807) is 19.6 Å². The SMILES string of the molecule is COc1ccc(C[C@@H]2NC[C@@H](O)[C@H]2OC(=O)NCCN(CCC(N)=O)Cc2c[nH]cn2)cc1. The highest BCUT2D eigenvalue weighted by atomic mass is 16.6. The lowest BCUT2D eigenvalue weighted by molar-refractivity contribution is -0.118. The predicted octanol–water partition coefficient (Wildman–Crippen LogP) is -0.234. The molecule has 11 heteroatoms. The molecule has 1 fully saturated rings. The van der Waals surface area contributed by atoms with Crippen LogP contribution in [0.15, 0.2) is 36.8 Å². The number of aliphatic hydroxyl groups excluding tert-OH is 1. The van der Waals surface area contributed by atoms with Crippen molar-refractivity contribution in [3.63, 3.8) is 0 Å². The molecule has 1 aliphatic heterocycles. The number of H-pyrrole nitrogens is 1. The fourth-order valence-corrected chi connectivity index (χ4v) is 3.76. The van der Waals surface area contributed by atoms with E-state index in [0.717, 1.165) is 17.0 Å². The maximum Gasteiger partial charge on any atom is 0.407 e. The summed E-state index contributed by atoms with van der Waals surface area (Å²) >= 11 is 0.